The molecule has 0 aliphatic rings. The molecule has 0 atom stereocenters. The van der Waals surface area contributed by atoms with Crippen molar-refractivity contribution in [2.45, 2.75) is 12.1 Å². The first kappa shape index (κ1) is 7.82. The molecular formula is C6H7ClN2S. The summed E-state index contributed by atoms with van der Waals surface area (Å²) in [4.78, 5) is 8.09. The lowest BCUT2D eigenvalue weighted by Crippen LogP contribution is -1.88. The summed E-state index contributed by atoms with van der Waals surface area (Å²) in [5, 5.41) is 1.39. The summed E-state index contributed by atoms with van der Waals surface area (Å²) in [7, 11) is 0. The molecule has 4 heteroatoms. The van der Waals surface area contributed by atoms with Gasteiger partial charge in [-0.25, -0.2) is 9.97 Å². The van der Waals surface area contributed by atoms with Crippen LogP contribution >= 0.6 is 23.4 Å². The van der Waals surface area contributed by atoms with Gasteiger partial charge in [-0.2, -0.15) is 0 Å². The predicted molar refractivity (Wildman–Crippen MR) is 43.6 cm³/mol. The summed E-state index contributed by atoms with van der Waals surface area (Å²) in [6.07, 6.45) is 3.55. The zero-order chi connectivity index (χ0) is 7.56. The van der Waals surface area contributed by atoms with Crippen molar-refractivity contribution in [3.8, 4) is 0 Å². The molecule has 0 amide bonds. The summed E-state index contributed by atoms with van der Waals surface area (Å²) < 4.78 is 0. The third-order valence-corrected chi connectivity index (χ3v) is 2.01. The van der Waals surface area contributed by atoms with Gasteiger partial charge in [0.05, 0.1) is 16.9 Å². The standard InChI is InChI=1S/C6H7ClN2S/c1-4-5(7)3-8-6(9-4)10-2/h3H,1-2H3. The number of hydrogen-bond donors (Lipinski definition) is 0. The maximum atomic E-state index is 5.70. The molecular weight excluding hydrogens is 168 g/mol. The first-order valence-corrected chi connectivity index (χ1v) is 4.37. The lowest BCUT2D eigenvalue weighted by molar-refractivity contribution is 0.935. The Morgan fingerprint density at radius 2 is 2.30 bits per heavy atom. The number of thioether (sulfide) groups is 1. The van der Waals surface area contributed by atoms with Crippen molar-refractivity contribution in [1.29, 1.82) is 0 Å². The van der Waals surface area contributed by atoms with Gasteiger partial charge in [0.1, 0.15) is 0 Å². The van der Waals surface area contributed by atoms with Gasteiger partial charge in [-0.1, -0.05) is 23.4 Å². The fourth-order valence-electron chi connectivity index (χ4n) is 0.529. The molecule has 0 aliphatic heterocycles. The first-order chi connectivity index (χ1) is 4.74. The van der Waals surface area contributed by atoms with Crippen molar-refractivity contribution >= 4 is 23.4 Å². The molecule has 1 heterocycles. The highest BCUT2D eigenvalue weighted by Crippen LogP contribution is 2.14. The van der Waals surface area contributed by atoms with Gasteiger partial charge in [-0.3, -0.25) is 0 Å². The molecule has 0 fully saturated rings. The van der Waals surface area contributed by atoms with Crippen LogP contribution in [0.15, 0.2) is 11.4 Å². The lowest BCUT2D eigenvalue weighted by Gasteiger charge is -1.96. The molecule has 0 aliphatic carbocycles. The smallest absolute Gasteiger partial charge is 0.187 e. The normalized spacial score (nSPS) is 9.90. The second-order valence-corrected chi connectivity index (χ2v) is 2.97. The minimum atomic E-state index is 0.623. The fraction of sp³-hybridized carbons (Fsp3) is 0.333. The van der Waals surface area contributed by atoms with E-state index < -0.39 is 0 Å². The molecule has 0 radical (unpaired) electrons. The van der Waals surface area contributed by atoms with Crippen LogP contribution in [-0.4, -0.2) is 16.2 Å². The van der Waals surface area contributed by atoms with E-state index in [9.17, 15) is 0 Å². The van der Waals surface area contributed by atoms with Crippen molar-refractivity contribution in [2.75, 3.05) is 6.26 Å². The van der Waals surface area contributed by atoms with Gasteiger partial charge in [0, 0.05) is 0 Å². The summed E-state index contributed by atoms with van der Waals surface area (Å²) in [6, 6.07) is 0. The molecule has 0 saturated carbocycles. The maximum Gasteiger partial charge on any atom is 0.187 e. The number of rotatable bonds is 1. The van der Waals surface area contributed by atoms with Gasteiger partial charge < -0.3 is 0 Å². The number of hydrogen-bond acceptors (Lipinski definition) is 3. The Morgan fingerprint density at radius 1 is 1.60 bits per heavy atom. The second kappa shape index (κ2) is 3.21. The molecule has 0 bridgehead atoms. The molecule has 1 aromatic heterocycles. The third-order valence-electron chi connectivity index (χ3n) is 1.08. The van der Waals surface area contributed by atoms with Crippen LogP contribution in [0.4, 0.5) is 0 Å². The van der Waals surface area contributed by atoms with Crippen molar-refractivity contribution in [1.82, 2.24) is 9.97 Å². The SMILES string of the molecule is CSc1ncc(Cl)c(C)n1. The van der Waals surface area contributed by atoms with Gasteiger partial charge in [-0.15, -0.1) is 0 Å². The van der Waals surface area contributed by atoms with Crippen molar-refractivity contribution < 1.29 is 0 Å². The number of aryl methyl sites for hydroxylation is 1. The zero-order valence-corrected chi connectivity index (χ0v) is 7.33. The molecule has 10 heavy (non-hydrogen) atoms. The molecule has 0 spiro atoms. The van der Waals surface area contributed by atoms with Crippen LogP contribution in [0, 0.1) is 6.92 Å². The molecule has 2 nitrogen and oxygen atoms in total. The molecule has 1 aromatic rings. The van der Waals surface area contributed by atoms with Crippen LogP contribution < -0.4 is 0 Å². The minimum absolute atomic E-state index is 0.623. The zero-order valence-electron chi connectivity index (χ0n) is 5.76. The predicted octanol–water partition coefficient (Wildman–Crippen LogP) is 2.16. The number of halogens is 1. The van der Waals surface area contributed by atoms with E-state index in [1.807, 2.05) is 13.2 Å². The Hall–Kier alpha value is -0.280. The number of aromatic nitrogens is 2. The summed E-state index contributed by atoms with van der Waals surface area (Å²) in [5.41, 5.74) is 0.834. The molecule has 54 valence electrons. The van der Waals surface area contributed by atoms with Gasteiger partial charge in [0.2, 0.25) is 0 Å². The highest BCUT2D eigenvalue weighted by Gasteiger charge is 1.97. The molecule has 0 unspecified atom stereocenters. The Morgan fingerprint density at radius 3 is 2.80 bits per heavy atom. The highest BCUT2D eigenvalue weighted by molar-refractivity contribution is 7.98. The highest BCUT2D eigenvalue weighted by atomic mass is 35.5. The van der Waals surface area contributed by atoms with E-state index in [4.69, 9.17) is 11.6 Å². The Bertz CT molecular complexity index is 239. The van der Waals surface area contributed by atoms with Gasteiger partial charge in [0.15, 0.2) is 5.16 Å². The largest absolute Gasteiger partial charge is 0.230 e. The van der Waals surface area contributed by atoms with E-state index in [0.29, 0.717) is 5.02 Å². The van der Waals surface area contributed by atoms with Crippen molar-refractivity contribution in [3.05, 3.63) is 16.9 Å². The van der Waals surface area contributed by atoms with E-state index >= 15 is 0 Å². The Labute approximate surface area is 69.0 Å². The van der Waals surface area contributed by atoms with E-state index in [1.54, 1.807) is 6.20 Å². The van der Waals surface area contributed by atoms with Crippen molar-refractivity contribution in [3.63, 3.8) is 0 Å². The first-order valence-electron chi connectivity index (χ1n) is 2.77. The quantitative estimate of drug-likeness (QED) is 0.482. The van der Waals surface area contributed by atoms with Crippen LogP contribution in [0.5, 0.6) is 0 Å². The van der Waals surface area contributed by atoms with E-state index in [1.165, 1.54) is 11.8 Å². The summed E-state index contributed by atoms with van der Waals surface area (Å²) >= 11 is 7.21. The Kier molecular flexibility index (Phi) is 2.51. The van der Waals surface area contributed by atoms with Crippen LogP contribution in [0.3, 0.4) is 0 Å². The monoisotopic (exact) mass is 174 g/mol. The van der Waals surface area contributed by atoms with Crippen LogP contribution in [0.25, 0.3) is 0 Å². The van der Waals surface area contributed by atoms with E-state index in [0.717, 1.165) is 10.9 Å². The van der Waals surface area contributed by atoms with Crippen LogP contribution in [-0.2, 0) is 0 Å². The van der Waals surface area contributed by atoms with E-state index in [2.05, 4.69) is 9.97 Å². The van der Waals surface area contributed by atoms with E-state index in [-0.39, 0.29) is 0 Å². The lowest BCUT2D eigenvalue weighted by atomic mass is 10.5. The van der Waals surface area contributed by atoms with Gasteiger partial charge >= 0.3 is 0 Å². The summed E-state index contributed by atoms with van der Waals surface area (Å²) in [5.74, 6) is 0. The minimum Gasteiger partial charge on any atom is -0.230 e. The van der Waals surface area contributed by atoms with Crippen LogP contribution in [0.2, 0.25) is 5.02 Å². The van der Waals surface area contributed by atoms with Crippen LogP contribution in [0.1, 0.15) is 5.69 Å². The second-order valence-electron chi connectivity index (χ2n) is 1.79. The van der Waals surface area contributed by atoms with Gasteiger partial charge in [0.25, 0.3) is 0 Å². The maximum absolute atomic E-state index is 5.70. The third kappa shape index (κ3) is 1.61. The average Bonchev–Trinajstić information content (AvgIpc) is 1.95. The molecule has 0 N–H and O–H groups in total. The number of nitrogens with zero attached hydrogens (tertiary/aromatic N) is 2. The topological polar surface area (TPSA) is 25.8 Å². The average molecular weight is 175 g/mol. The summed E-state index contributed by atoms with van der Waals surface area (Å²) in [6.45, 7) is 1.86. The van der Waals surface area contributed by atoms with Crippen molar-refractivity contribution in [2.24, 2.45) is 0 Å². The molecule has 1 rings (SSSR count). The van der Waals surface area contributed by atoms with Gasteiger partial charge in [-0.05, 0) is 13.2 Å². The fourth-order valence-corrected chi connectivity index (χ4v) is 1.01. The molecule has 0 aromatic carbocycles. The Balaban J connectivity index is 3.04. The molecule has 0 saturated heterocycles.